The van der Waals surface area contributed by atoms with E-state index in [0.29, 0.717) is 11.6 Å². The van der Waals surface area contributed by atoms with Gasteiger partial charge in [-0.1, -0.05) is 24.3 Å². The molecule has 0 spiro atoms. The molecular weight excluding hydrogens is 396 g/mol. The zero-order valence-electron chi connectivity index (χ0n) is 16.9. The zero-order valence-corrected chi connectivity index (χ0v) is 17.7. The van der Waals surface area contributed by atoms with Gasteiger partial charge < -0.3 is 5.32 Å². The van der Waals surface area contributed by atoms with Gasteiger partial charge in [-0.25, -0.2) is 4.98 Å². The molecule has 2 aliphatic rings. The monoisotopic (exact) mass is 420 g/mol. The molecule has 2 atom stereocenters. The van der Waals surface area contributed by atoms with Crippen molar-refractivity contribution in [1.29, 1.82) is 0 Å². The van der Waals surface area contributed by atoms with Crippen LogP contribution in [-0.2, 0) is 9.59 Å². The molecule has 1 aromatic heterocycles. The van der Waals surface area contributed by atoms with E-state index in [4.69, 9.17) is 4.98 Å². The largest absolute Gasteiger partial charge is 0.323 e. The number of aromatic nitrogens is 1. The molecule has 0 aliphatic carbocycles. The van der Waals surface area contributed by atoms with E-state index in [1.165, 1.54) is 4.70 Å². The Morgan fingerprint density at radius 2 is 2.00 bits per heavy atom. The molecule has 3 heterocycles. The fourth-order valence-corrected chi connectivity index (χ4v) is 5.53. The van der Waals surface area contributed by atoms with E-state index in [9.17, 15) is 9.59 Å². The smallest absolute Gasteiger partial charge is 0.244 e. The third kappa shape index (κ3) is 3.48. The van der Waals surface area contributed by atoms with E-state index in [2.05, 4.69) is 22.3 Å². The molecule has 0 unspecified atom stereocenters. The second-order valence-corrected chi connectivity index (χ2v) is 9.08. The van der Waals surface area contributed by atoms with Crippen molar-refractivity contribution >= 4 is 44.7 Å². The maximum atomic E-state index is 13.4. The van der Waals surface area contributed by atoms with Gasteiger partial charge in [-0.2, -0.15) is 0 Å². The molecule has 5 rings (SSSR count). The Bertz CT molecular complexity index is 1080. The summed E-state index contributed by atoms with van der Waals surface area (Å²) in [6.45, 7) is 3.72. The molecule has 7 heteroatoms. The van der Waals surface area contributed by atoms with Crippen LogP contribution in [0.15, 0.2) is 48.5 Å². The fourth-order valence-electron chi connectivity index (χ4n) is 4.44. The second kappa shape index (κ2) is 7.81. The number of likely N-dealkylation sites (tertiary alicyclic amines) is 1. The normalized spacial score (nSPS) is 20.6. The van der Waals surface area contributed by atoms with Gasteiger partial charge in [0, 0.05) is 12.5 Å². The van der Waals surface area contributed by atoms with Crippen molar-refractivity contribution in [3.63, 3.8) is 0 Å². The van der Waals surface area contributed by atoms with E-state index >= 15 is 0 Å². The molecule has 2 aliphatic heterocycles. The quantitative estimate of drug-likeness (QED) is 0.699. The van der Waals surface area contributed by atoms with Gasteiger partial charge in [-0.3, -0.25) is 19.4 Å². The number of nitrogens with one attached hydrogen (secondary N) is 1. The molecule has 30 heavy (non-hydrogen) atoms. The number of hydrogen-bond donors (Lipinski definition) is 1. The topological polar surface area (TPSA) is 65.5 Å². The molecule has 0 radical (unpaired) electrons. The minimum atomic E-state index is -0.291. The number of thiazole rings is 1. The maximum Gasteiger partial charge on any atom is 0.244 e. The van der Waals surface area contributed by atoms with E-state index in [1.807, 2.05) is 43.3 Å². The van der Waals surface area contributed by atoms with Crippen molar-refractivity contribution in [1.82, 2.24) is 9.88 Å². The first-order valence-electron chi connectivity index (χ1n) is 10.4. The van der Waals surface area contributed by atoms with Gasteiger partial charge in [0.2, 0.25) is 11.8 Å². The number of rotatable bonds is 3. The minimum Gasteiger partial charge on any atom is -0.323 e. The van der Waals surface area contributed by atoms with Crippen LogP contribution in [0.1, 0.15) is 30.7 Å². The van der Waals surface area contributed by atoms with Crippen molar-refractivity contribution in [2.45, 2.75) is 31.7 Å². The molecule has 2 aromatic carbocycles. The SMILES string of the molecule is C[C@H](C(=O)N1CC(=O)Nc2ccccc21)N1CCC[C@H](c2nc3ccccc3s2)C1. The standard InChI is InChI=1S/C23H24N4O2S/c1-15(23(29)27-14-21(28)24-17-8-2-4-10-19(17)27)26-12-6-7-16(13-26)22-25-18-9-3-5-11-20(18)30-22/h2-5,8-11,15-16H,6-7,12-14H2,1H3,(H,24,28)/t15-,16+/m1/s1. The van der Waals surface area contributed by atoms with Crippen LogP contribution in [0.4, 0.5) is 11.4 Å². The molecule has 1 saturated heterocycles. The molecule has 1 N–H and O–H groups in total. The number of piperidine rings is 1. The average Bonchev–Trinajstić information content (AvgIpc) is 3.22. The summed E-state index contributed by atoms with van der Waals surface area (Å²) in [6.07, 6.45) is 2.13. The Labute approximate surface area is 179 Å². The van der Waals surface area contributed by atoms with Crippen molar-refractivity contribution in [3.05, 3.63) is 53.5 Å². The van der Waals surface area contributed by atoms with Gasteiger partial charge in [-0.15, -0.1) is 11.3 Å². The van der Waals surface area contributed by atoms with Gasteiger partial charge >= 0.3 is 0 Å². The molecule has 2 amide bonds. The first-order chi connectivity index (χ1) is 14.6. The predicted octanol–water partition coefficient (Wildman–Crippen LogP) is 3.85. The first kappa shape index (κ1) is 19.2. The molecular formula is C23H24N4O2S. The maximum absolute atomic E-state index is 13.4. The number of amides is 2. The number of anilines is 2. The van der Waals surface area contributed by atoms with E-state index in [-0.39, 0.29) is 24.4 Å². The third-order valence-corrected chi connectivity index (χ3v) is 7.25. The van der Waals surface area contributed by atoms with Crippen molar-refractivity contribution in [3.8, 4) is 0 Å². The third-order valence-electron chi connectivity index (χ3n) is 6.05. The summed E-state index contributed by atoms with van der Waals surface area (Å²) in [7, 11) is 0. The Morgan fingerprint density at radius 1 is 1.20 bits per heavy atom. The minimum absolute atomic E-state index is 0.0257. The number of hydrogen-bond acceptors (Lipinski definition) is 5. The highest BCUT2D eigenvalue weighted by atomic mass is 32.1. The van der Waals surface area contributed by atoms with Gasteiger partial charge in [0.05, 0.1) is 32.6 Å². The Kier molecular flexibility index (Phi) is 5.00. The first-order valence-corrected chi connectivity index (χ1v) is 11.2. The van der Waals surface area contributed by atoms with E-state index < -0.39 is 0 Å². The number of para-hydroxylation sites is 3. The number of benzene rings is 2. The van der Waals surface area contributed by atoms with Crippen LogP contribution in [0.2, 0.25) is 0 Å². The van der Waals surface area contributed by atoms with Gasteiger partial charge in [0.25, 0.3) is 0 Å². The predicted molar refractivity (Wildman–Crippen MR) is 120 cm³/mol. The summed E-state index contributed by atoms with van der Waals surface area (Å²) in [5.41, 5.74) is 2.52. The highest BCUT2D eigenvalue weighted by Crippen LogP contribution is 2.34. The lowest BCUT2D eigenvalue weighted by Gasteiger charge is -2.38. The van der Waals surface area contributed by atoms with Gasteiger partial charge in [-0.05, 0) is 50.6 Å². The number of carbonyl (C=O) groups excluding carboxylic acids is 2. The summed E-state index contributed by atoms with van der Waals surface area (Å²) >= 11 is 1.76. The number of fused-ring (bicyclic) bond motifs is 2. The number of carbonyl (C=O) groups is 2. The van der Waals surface area contributed by atoms with Crippen LogP contribution in [0.3, 0.4) is 0 Å². The lowest BCUT2D eigenvalue weighted by molar-refractivity contribution is -0.125. The fraction of sp³-hybridized carbons (Fsp3) is 0.348. The van der Waals surface area contributed by atoms with E-state index in [0.717, 1.165) is 42.1 Å². The van der Waals surface area contributed by atoms with Crippen LogP contribution in [-0.4, -0.2) is 47.4 Å². The lowest BCUT2D eigenvalue weighted by atomic mass is 9.97. The Morgan fingerprint density at radius 3 is 2.87 bits per heavy atom. The summed E-state index contributed by atoms with van der Waals surface area (Å²) < 4.78 is 1.21. The lowest BCUT2D eigenvalue weighted by Crippen LogP contribution is -2.53. The summed E-state index contributed by atoms with van der Waals surface area (Å²) in [4.78, 5) is 34.2. The molecule has 154 valence electrons. The van der Waals surface area contributed by atoms with Crippen molar-refractivity contribution in [2.75, 3.05) is 29.9 Å². The van der Waals surface area contributed by atoms with Crippen LogP contribution in [0.25, 0.3) is 10.2 Å². The van der Waals surface area contributed by atoms with Crippen molar-refractivity contribution in [2.24, 2.45) is 0 Å². The highest BCUT2D eigenvalue weighted by Gasteiger charge is 2.35. The van der Waals surface area contributed by atoms with Crippen LogP contribution in [0, 0.1) is 0 Å². The molecule has 0 saturated carbocycles. The highest BCUT2D eigenvalue weighted by molar-refractivity contribution is 7.18. The molecule has 0 bridgehead atoms. The molecule has 1 fully saturated rings. The van der Waals surface area contributed by atoms with Gasteiger partial charge in [0.1, 0.15) is 6.54 Å². The molecule has 3 aromatic rings. The zero-order chi connectivity index (χ0) is 20.7. The summed E-state index contributed by atoms with van der Waals surface area (Å²) in [6, 6.07) is 15.4. The van der Waals surface area contributed by atoms with Crippen molar-refractivity contribution < 1.29 is 9.59 Å². The Balaban J connectivity index is 1.35. The Hall–Kier alpha value is -2.77. The molecule has 6 nitrogen and oxygen atoms in total. The van der Waals surface area contributed by atoms with Crippen LogP contribution < -0.4 is 10.2 Å². The summed E-state index contributed by atoms with van der Waals surface area (Å²) in [5.74, 6) is 0.158. The average molecular weight is 421 g/mol. The number of nitrogens with zero attached hydrogens (tertiary/aromatic N) is 3. The second-order valence-electron chi connectivity index (χ2n) is 8.02. The summed E-state index contributed by atoms with van der Waals surface area (Å²) in [5, 5.41) is 4.01. The van der Waals surface area contributed by atoms with Gasteiger partial charge in [0.15, 0.2) is 0 Å². The van der Waals surface area contributed by atoms with Crippen LogP contribution in [0.5, 0.6) is 0 Å². The van der Waals surface area contributed by atoms with Crippen LogP contribution >= 0.6 is 11.3 Å². The van der Waals surface area contributed by atoms with E-state index in [1.54, 1.807) is 16.2 Å².